The van der Waals surface area contributed by atoms with Crippen molar-refractivity contribution in [3.63, 3.8) is 0 Å². The third-order valence-corrected chi connectivity index (χ3v) is 9.25. The van der Waals surface area contributed by atoms with Crippen LogP contribution in [-0.2, 0) is 36.9 Å². The van der Waals surface area contributed by atoms with Gasteiger partial charge in [0.2, 0.25) is 5.78 Å². The largest absolute Gasteiger partial charge is 0.508 e. The number of hydrogen-bond donors (Lipinski definition) is 6. The van der Waals surface area contributed by atoms with Crippen molar-refractivity contribution < 1.29 is 51.9 Å². The van der Waals surface area contributed by atoms with Crippen LogP contribution >= 0.6 is 0 Å². The number of amides is 1. The number of carbonyl (C=O) groups is 4. The fourth-order valence-electron chi connectivity index (χ4n) is 7.07. The number of nitrogens with one attached hydrogen (secondary N) is 1. The minimum atomic E-state index is -2.63. The second-order valence-electron chi connectivity index (χ2n) is 12.5. The standard InChI is InChI=1S/C34H38N2O10.2H2/c1-15(2)9-22(33(43)46-4)36-14-16-5-8-25(45-3)20(10-16)19-6-7-23(37)27-21(19)12-17-11-18-13-24(38)28(32(35)42)31(41)34(18,44)30(40)26(17)29(27)39;;/h5-8,10,15,17-18,22,36-37,39,41,44H,9,11-14H2,1-4H3,(H2,35,42);2*1H/t17?,18?,22?,34-;;/m0../s1. The molecule has 1 saturated carbocycles. The molecule has 2 aromatic rings. The van der Waals surface area contributed by atoms with E-state index in [1.807, 2.05) is 26.0 Å². The van der Waals surface area contributed by atoms with Crippen molar-refractivity contribution in [2.45, 2.75) is 57.7 Å². The van der Waals surface area contributed by atoms with Crippen LogP contribution in [0.15, 0.2) is 47.2 Å². The van der Waals surface area contributed by atoms with Crippen LogP contribution in [0.4, 0.5) is 0 Å². The Labute approximate surface area is 268 Å². The molecule has 46 heavy (non-hydrogen) atoms. The van der Waals surface area contributed by atoms with Gasteiger partial charge in [0.05, 0.1) is 19.8 Å². The molecule has 0 radical (unpaired) electrons. The lowest BCUT2D eigenvalue weighted by atomic mass is 9.59. The zero-order valence-electron chi connectivity index (χ0n) is 26.0. The van der Waals surface area contributed by atoms with Crippen LogP contribution < -0.4 is 15.8 Å². The molecule has 0 heterocycles. The van der Waals surface area contributed by atoms with Crippen LogP contribution in [-0.4, -0.2) is 69.7 Å². The van der Waals surface area contributed by atoms with Gasteiger partial charge in [-0.2, -0.15) is 0 Å². The van der Waals surface area contributed by atoms with Crippen LogP contribution in [0.1, 0.15) is 52.7 Å². The molecule has 248 valence electrons. The molecule has 1 fully saturated rings. The van der Waals surface area contributed by atoms with Crippen molar-refractivity contribution >= 4 is 29.2 Å². The number of phenolic OH excluding ortho intramolecular Hbond substituents is 1. The number of benzene rings is 2. The molecule has 2 aromatic carbocycles. The molecule has 3 unspecified atom stereocenters. The summed E-state index contributed by atoms with van der Waals surface area (Å²) in [6.07, 6.45) is 0.335. The molecule has 12 heteroatoms. The molecule has 0 aromatic heterocycles. The summed E-state index contributed by atoms with van der Waals surface area (Å²) in [4.78, 5) is 50.8. The number of rotatable bonds is 9. The first-order valence-corrected chi connectivity index (χ1v) is 15.0. The molecule has 3 aliphatic carbocycles. The summed E-state index contributed by atoms with van der Waals surface area (Å²) < 4.78 is 10.6. The van der Waals surface area contributed by atoms with E-state index in [1.165, 1.54) is 20.3 Å². The van der Waals surface area contributed by atoms with Gasteiger partial charge in [0.25, 0.3) is 5.91 Å². The monoisotopic (exact) mass is 638 g/mol. The van der Waals surface area contributed by atoms with E-state index in [9.17, 15) is 39.6 Å². The first kappa shape index (κ1) is 32.7. The third-order valence-electron chi connectivity index (χ3n) is 9.25. The highest BCUT2D eigenvalue weighted by Gasteiger charge is 2.60. The van der Waals surface area contributed by atoms with Crippen molar-refractivity contribution in [2.24, 2.45) is 23.5 Å². The Balaban J connectivity index is 0.00000312. The lowest BCUT2D eigenvalue weighted by Gasteiger charge is -2.46. The van der Waals surface area contributed by atoms with Gasteiger partial charge in [-0.05, 0) is 66.0 Å². The van der Waals surface area contributed by atoms with Crippen LogP contribution in [0.5, 0.6) is 11.5 Å². The first-order valence-electron chi connectivity index (χ1n) is 15.0. The number of fused-ring (bicyclic) bond motifs is 3. The van der Waals surface area contributed by atoms with Crippen LogP contribution in [0.3, 0.4) is 0 Å². The van der Waals surface area contributed by atoms with E-state index in [0.29, 0.717) is 35.4 Å². The minimum Gasteiger partial charge on any atom is -0.508 e. The zero-order valence-corrected chi connectivity index (χ0v) is 26.0. The number of Topliss-reactive ketones (excluding diaryl/α,β-unsaturated/α-hetero) is 2. The molecular formula is C34H42N2O10. The molecule has 3 aliphatic rings. The van der Waals surface area contributed by atoms with E-state index in [-0.39, 0.29) is 44.5 Å². The van der Waals surface area contributed by atoms with E-state index in [0.717, 1.165) is 5.56 Å². The molecular weight excluding hydrogens is 596 g/mol. The molecule has 0 bridgehead atoms. The second-order valence-corrected chi connectivity index (χ2v) is 12.5. The summed E-state index contributed by atoms with van der Waals surface area (Å²) >= 11 is 0. The number of aliphatic hydroxyl groups is 3. The summed E-state index contributed by atoms with van der Waals surface area (Å²) in [6, 6.07) is 8.03. The predicted molar refractivity (Wildman–Crippen MR) is 170 cm³/mol. The normalized spacial score (nSPS) is 23.1. The Morgan fingerprint density at radius 3 is 2.43 bits per heavy atom. The maximum atomic E-state index is 13.8. The SMILES string of the molecule is COC(=O)C(CC(C)C)NCc1ccc(OC)c(-c2ccc(O)c3c2CC2CC4CC(=O)C(C(N)=O)=C(O)[C@@]4(O)C(=O)C2=C3O)c1.[HH].[HH]. The van der Waals surface area contributed by atoms with E-state index < -0.39 is 64.5 Å². The predicted octanol–water partition coefficient (Wildman–Crippen LogP) is 3.27. The summed E-state index contributed by atoms with van der Waals surface area (Å²) in [5.41, 5.74) is 4.13. The van der Waals surface area contributed by atoms with Gasteiger partial charge in [-0.1, -0.05) is 26.0 Å². The van der Waals surface area contributed by atoms with E-state index in [4.69, 9.17) is 15.2 Å². The molecule has 12 nitrogen and oxygen atoms in total. The van der Waals surface area contributed by atoms with Crippen molar-refractivity contribution in [1.82, 2.24) is 5.32 Å². The van der Waals surface area contributed by atoms with E-state index in [2.05, 4.69) is 5.32 Å². The Morgan fingerprint density at radius 2 is 1.80 bits per heavy atom. The van der Waals surface area contributed by atoms with Gasteiger partial charge in [0.15, 0.2) is 11.4 Å². The molecule has 4 atom stereocenters. The number of hydrogen-bond acceptors (Lipinski definition) is 11. The number of carbonyl (C=O) groups excluding carboxylic acids is 4. The fraction of sp³-hybridized carbons (Fsp3) is 0.412. The number of methoxy groups -OCH3 is 2. The summed E-state index contributed by atoms with van der Waals surface area (Å²) in [7, 11) is 2.85. The van der Waals surface area contributed by atoms with Crippen molar-refractivity contribution in [1.29, 1.82) is 0 Å². The highest BCUT2D eigenvalue weighted by Crippen LogP contribution is 2.53. The van der Waals surface area contributed by atoms with Gasteiger partial charge in [-0.15, -0.1) is 0 Å². The first-order chi connectivity index (χ1) is 21.7. The number of primary amides is 1. The van der Waals surface area contributed by atoms with Gasteiger partial charge in [-0.25, -0.2) is 0 Å². The van der Waals surface area contributed by atoms with Gasteiger partial charge < -0.3 is 41.0 Å². The number of aliphatic hydroxyl groups excluding tert-OH is 2. The summed E-state index contributed by atoms with van der Waals surface area (Å²) in [5.74, 6) is -6.49. The summed E-state index contributed by atoms with van der Waals surface area (Å²) in [6.45, 7) is 4.35. The third kappa shape index (κ3) is 5.31. The quantitative estimate of drug-likeness (QED) is 0.174. The number of aromatic hydroxyl groups is 1. The summed E-state index contributed by atoms with van der Waals surface area (Å²) in [5, 5.41) is 48.0. The molecule has 7 N–H and O–H groups in total. The molecule has 1 amide bonds. The maximum Gasteiger partial charge on any atom is 0.322 e. The average molecular weight is 639 g/mol. The Kier molecular flexibility index (Phi) is 8.71. The van der Waals surface area contributed by atoms with Crippen LogP contribution in [0, 0.1) is 17.8 Å². The zero-order chi connectivity index (χ0) is 33.7. The smallest absolute Gasteiger partial charge is 0.322 e. The van der Waals surface area contributed by atoms with Crippen LogP contribution in [0.2, 0.25) is 0 Å². The molecule has 0 aliphatic heterocycles. The van der Waals surface area contributed by atoms with E-state index in [1.54, 1.807) is 12.1 Å². The number of ketones is 2. The molecule has 5 rings (SSSR count). The Bertz CT molecular complexity index is 1720. The van der Waals surface area contributed by atoms with Gasteiger partial charge in [0.1, 0.15) is 34.6 Å². The number of ether oxygens (including phenoxy) is 2. The lowest BCUT2D eigenvalue weighted by Crippen LogP contribution is -2.58. The topological polar surface area (TPSA) is 206 Å². The van der Waals surface area contributed by atoms with Crippen LogP contribution in [0.25, 0.3) is 16.9 Å². The van der Waals surface area contributed by atoms with Crippen molar-refractivity contribution in [2.75, 3.05) is 14.2 Å². The molecule has 0 saturated heterocycles. The number of phenols is 1. The second kappa shape index (κ2) is 12.3. The van der Waals surface area contributed by atoms with Gasteiger partial charge in [-0.3, -0.25) is 19.2 Å². The Morgan fingerprint density at radius 1 is 1.09 bits per heavy atom. The van der Waals surface area contributed by atoms with Crippen molar-refractivity contribution in [3.05, 3.63) is 63.9 Å². The van der Waals surface area contributed by atoms with E-state index >= 15 is 0 Å². The number of nitrogens with two attached hydrogens (primary N) is 1. The Hall–Kier alpha value is -4.68. The number of esters is 1. The fourth-order valence-corrected chi connectivity index (χ4v) is 7.07. The van der Waals surface area contributed by atoms with Gasteiger partial charge >= 0.3 is 5.97 Å². The van der Waals surface area contributed by atoms with Crippen molar-refractivity contribution in [3.8, 4) is 22.6 Å². The maximum absolute atomic E-state index is 13.8. The highest BCUT2D eigenvalue weighted by atomic mass is 16.5. The van der Waals surface area contributed by atoms with Gasteiger partial charge in [0, 0.05) is 32.9 Å². The lowest BCUT2D eigenvalue weighted by molar-refractivity contribution is -0.147. The average Bonchev–Trinajstić information content (AvgIpc) is 3.00. The molecule has 0 spiro atoms. The minimum absolute atomic E-state index is 0. The highest BCUT2D eigenvalue weighted by molar-refractivity contribution is 6.22.